The number of fused-ring (bicyclic) bond motifs is 2. The predicted molar refractivity (Wildman–Crippen MR) is 103 cm³/mol. The summed E-state index contributed by atoms with van der Waals surface area (Å²) in [6, 6.07) is 5.30. The molecule has 29 heavy (non-hydrogen) atoms. The number of hydrogen-bond acceptors (Lipinski definition) is 6. The van der Waals surface area contributed by atoms with Gasteiger partial charge in [-0.3, -0.25) is 24.6 Å². The molecule has 4 heterocycles. The van der Waals surface area contributed by atoms with E-state index in [1.165, 1.54) is 17.4 Å². The van der Waals surface area contributed by atoms with E-state index in [9.17, 15) is 14.4 Å². The number of anilines is 1. The lowest BCUT2D eigenvalue weighted by atomic mass is 10.1. The molecule has 1 saturated heterocycles. The molecule has 0 aliphatic carbocycles. The van der Waals surface area contributed by atoms with Crippen LogP contribution in [0.4, 0.5) is 5.69 Å². The van der Waals surface area contributed by atoms with Gasteiger partial charge in [0.05, 0.1) is 11.7 Å². The third kappa shape index (κ3) is 2.66. The Labute approximate surface area is 163 Å². The Morgan fingerprint density at radius 1 is 1.21 bits per heavy atom. The minimum absolute atomic E-state index is 0.112. The second-order valence-corrected chi connectivity index (χ2v) is 6.93. The minimum Gasteiger partial charge on any atom is -0.325 e. The quantitative estimate of drug-likeness (QED) is 0.500. The number of amides is 2. The Hall–Kier alpha value is -4.02. The lowest BCUT2D eigenvalue weighted by molar-refractivity contribution is -0.121. The maximum Gasteiger partial charge on any atom is 0.286 e. The van der Waals surface area contributed by atoms with Crippen molar-refractivity contribution in [3.05, 3.63) is 52.8 Å². The number of aromatic nitrogens is 6. The highest BCUT2D eigenvalue weighted by Gasteiger charge is 2.35. The number of piperazine rings is 1. The Kier molecular flexibility index (Phi) is 3.69. The molecule has 5 rings (SSSR count). The summed E-state index contributed by atoms with van der Waals surface area (Å²) in [5.74, 6) is -0.586. The molecule has 3 aromatic heterocycles. The van der Waals surface area contributed by atoms with Crippen molar-refractivity contribution in [3.8, 4) is 0 Å². The number of carbonyl (C=O) groups is 2. The third-order valence-electron chi connectivity index (χ3n) is 5.12. The molecule has 2 amide bonds. The van der Waals surface area contributed by atoms with Crippen LogP contribution in [0.25, 0.3) is 16.7 Å². The number of rotatable bonds is 2. The summed E-state index contributed by atoms with van der Waals surface area (Å²) in [4.78, 5) is 49.3. The normalized spacial score (nSPS) is 17.4. The Balaban J connectivity index is 1.43. The number of carbonyl (C=O) groups excluding carboxylic acids is 2. The van der Waals surface area contributed by atoms with Crippen molar-refractivity contribution in [3.63, 3.8) is 0 Å². The van der Waals surface area contributed by atoms with Gasteiger partial charge in [-0.2, -0.15) is 9.61 Å². The van der Waals surface area contributed by atoms with Crippen LogP contribution in [0.15, 0.2) is 41.7 Å². The number of H-pyrrole nitrogens is 2. The van der Waals surface area contributed by atoms with Crippen LogP contribution < -0.4 is 10.5 Å². The predicted octanol–water partition coefficient (Wildman–Crippen LogP) is 0.171. The number of nitrogens with one attached hydrogen (secondary N) is 2. The molecular formula is C18H16N8O3. The van der Waals surface area contributed by atoms with Crippen molar-refractivity contribution < 1.29 is 9.59 Å². The smallest absolute Gasteiger partial charge is 0.286 e. The molecule has 146 valence electrons. The fourth-order valence-corrected chi connectivity index (χ4v) is 3.57. The van der Waals surface area contributed by atoms with Gasteiger partial charge in [-0.05, 0) is 25.1 Å². The van der Waals surface area contributed by atoms with E-state index in [2.05, 4.69) is 25.3 Å². The highest BCUT2D eigenvalue weighted by atomic mass is 16.2. The van der Waals surface area contributed by atoms with Gasteiger partial charge >= 0.3 is 0 Å². The Bertz CT molecular complexity index is 1320. The van der Waals surface area contributed by atoms with E-state index in [4.69, 9.17) is 0 Å². The molecule has 0 saturated carbocycles. The average Bonchev–Trinajstić information content (AvgIpc) is 3.38. The second-order valence-electron chi connectivity index (χ2n) is 6.93. The van der Waals surface area contributed by atoms with Gasteiger partial charge in [-0.1, -0.05) is 0 Å². The molecule has 1 atom stereocenters. The molecule has 0 radical (unpaired) electrons. The maximum absolute atomic E-state index is 13.0. The lowest BCUT2D eigenvalue weighted by Crippen LogP contribution is -2.57. The van der Waals surface area contributed by atoms with Gasteiger partial charge in [0.1, 0.15) is 18.4 Å². The minimum atomic E-state index is -0.552. The summed E-state index contributed by atoms with van der Waals surface area (Å²) in [5, 5.41) is 10.5. The van der Waals surface area contributed by atoms with Crippen LogP contribution in [-0.2, 0) is 4.79 Å². The van der Waals surface area contributed by atoms with Crippen molar-refractivity contribution in [1.82, 2.24) is 34.7 Å². The van der Waals surface area contributed by atoms with Crippen LogP contribution in [-0.4, -0.2) is 65.6 Å². The topological polar surface area (TPSA) is 132 Å². The zero-order valence-electron chi connectivity index (χ0n) is 15.4. The SMILES string of the molecule is C[C@H]1CN(c2ccc3cn[nH]c3c2)C(=O)CN1C(=O)c1cnc2nc[nH]n2c1=O. The van der Waals surface area contributed by atoms with Crippen LogP contribution in [0.5, 0.6) is 0 Å². The van der Waals surface area contributed by atoms with Gasteiger partial charge in [-0.15, -0.1) is 0 Å². The molecule has 0 spiro atoms. The molecule has 2 N–H and O–H groups in total. The first-order valence-corrected chi connectivity index (χ1v) is 8.98. The zero-order valence-corrected chi connectivity index (χ0v) is 15.4. The molecule has 0 bridgehead atoms. The van der Waals surface area contributed by atoms with E-state index in [-0.39, 0.29) is 29.8 Å². The average molecular weight is 392 g/mol. The van der Waals surface area contributed by atoms with E-state index in [0.717, 1.165) is 21.1 Å². The van der Waals surface area contributed by atoms with E-state index in [0.29, 0.717) is 6.54 Å². The highest BCUT2D eigenvalue weighted by molar-refractivity contribution is 6.02. The van der Waals surface area contributed by atoms with Gasteiger partial charge in [0, 0.05) is 29.9 Å². The zero-order chi connectivity index (χ0) is 20.1. The molecule has 1 aliphatic rings. The van der Waals surface area contributed by atoms with Crippen LogP contribution in [0.3, 0.4) is 0 Å². The standard InChI is InChI=1S/C18H16N8O3/c1-10-7-25(12-3-2-11-5-21-23-14(11)4-12)15(27)8-24(10)16(28)13-6-19-18-20-9-22-26(18)17(13)29/h2-6,9-10H,7-8H2,1H3,(H,21,23)(H,19,20,22)/t10-/m0/s1. The first-order chi connectivity index (χ1) is 14.0. The lowest BCUT2D eigenvalue weighted by Gasteiger charge is -2.39. The van der Waals surface area contributed by atoms with E-state index >= 15 is 0 Å². The Morgan fingerprint density at radius 3 is 2.93 bits per heavy atom. The molecule has 1 aliphatic heterocycles. The van der Waals surface area contributed by atoms with Crippen LogP contribution in [0.2, 0.25) is 0 Å². The summed E-state index contributed by atoms with van der Waals surface area (Å²) in [6.07, 6.45) is 4.24. The summed E-state index contributed by atoms with van der Waals surface area (Å²) in [7, 11) is 0. The summed E-state index contributed by atoms with van der Waals surface area (Å²) < 4.78 is 1.09. The first-order valence-electron chi connectivity index (χ1n) is 8.98. The molecule has 0 unspecified atom stereocenters. The van der Waals surface area contributed by atoms with E-state index < -0.39 is 11.5 Å². The van der Waals surface area contributed by atoms with Crippen LogP contribution in [0, 0.1) is 0 Å². The number of aromatic amines is 2. The monoisotopic (exact) mass is 392 g/mol. The summed E-state index contributed by atoms with van der Waals surface area (Å²) in [6.45, 7) is 2.02. The largest absolute Gasteiger partial charge is 0.325 e. The number of benzene rings is 1. The van der Waals surface area contributed by atoms with Gasteiger partial charge in [-0.25, -0.2) is 9.97 Å². The maximum atomic E-state index is 13.0. The van der Waals surface area contributed by atoms with Crippen molar-refractivity contribution in [1.29, 1.82) is 0 Å². The van der Waals surface area contributed by atoms with Gasteiger partial charge in [0.15, 0.2) is 0 Å². The van der Waals surface area contributed by atoms with Crippen molar-refractivity contribution >= 4 is 34.2 Å². The van der Waals surface area contributed by atoms with E-state index in [1.807, 2.05) is 25.1 Å². The molecule has 4 aromatic rings. The van der Waals surface area contributed by atoms with Gasteiger partial charge in [0.25, 0.3) is 17.2 Å². The van der Waals surface area contributed by atoms with Crippen LogP contribution in [0.1, 0.15) is 17.3 Å². The molecule has 11 nitrogen and oxygen atoms in total. The third-order valence-corrected chi connectivity index (χ3v) is 5.12. The van der Waals surface area contributed by atoms with E-state index in [1.54, 1.807) is 11.1 Å². The fraction of sp³-hybridized carbons (Fsp3) is 0.222. The van der Waals surface area contributed by atoms with Crippen molar-refractivity contribution in [2.24, 2.45) is 0 Å². The molecule has 1 aromatic carbocycles. The first kappa shape index (κ1) is 17.1. The fourth-order valence-electron chi connectivity index (χ4n) is 3.57. The molecule has 1 fully saturated rings. The molecule has 11 heteroatoms. The summed E-state index contributed by atoms with van der Waals surface area (Å²) in [5.41, 5.74) is 0.891. The van der Waals surface area contributed by atoms with Crippen molar-refractivity contribution in [2.45, 2.75) is 13.0 Å². The van der Waals surface area contributed by atoms with Crippen molar-refractivity contribution in [2.75, 3.05) is 18.0 Å². The van der Waals surface area contributed by atoms with Gasteiger partial charge < -0.3 is 9.80 Å². The Morgan fingerprint density at radius 2 is 2.07 bits per heavy atom. The summed E-state index contributed by atoms with van der Waals surface area (Å²) >= 11 is 0. The number of nitrogens with zero attached hydrogens (tertiary/aromatic N) is 6. The van der Waals surface area contributed by atoms with Gasteiger partial charge in [0.2, 0.25) is 5.91 Å². The highest BCUT2D eigenvalue weighted by Crippen LogP contribution is 2.24. The molecular weight excluding hydrogens is 376 g/mol. The number of hydrogen-bond donors (Lipinski definition) is 2. The second kappa shape index (κ2) is 6.26. The van der Waals surface area contributed by atoms with Crippen LogP contribution >= 0.6 is 0 Å².